The fraction of sp³-hybridized carbons (Fsp3) is 0.613. The smallest absolute Gasteiger partial charge is 0.184 e. The van der Waals surface area contributed by atoms with Crippen LogP contribution in [-0.2, 0) is 9.59 Å². The van der Waals surface area contributed by atoms with Gasteiger partial charge in [0.2, 0.25) is 0 Å². The highest BCUT2D eigenvalue weighted by atomic mass is 16.3. The van der Waals surface area contributed by atoms with E-state index < -0.39 is 40.2 Å². The Labute approximate surface area is 217 Å². The van der Waals surface area contributed by atoms with Crippen molar-refractivity contribution in [1.29, 1.82) is 0 Å². The minimum atomic E-state index is -1.43. The molecule has 0 bridgehead atoms. The molecule has 5 heteroatoms. The van der Waals surface area contributed by atoms with Crippen LogP contribution in [0.15, 0.2) is 58.1 Å². The molecule has 0 spiro atoms. The van der Waals surface area contributed by atoms with Crippen molar-refractivity contribution in [2.24, 2.45) is 23.2 Å². The normalized spacial score (nSPS) is 27.0. The average Bonchev–Trinajstić information content (AvgIpc) is 2.78. The summed E-state index contributed by atoms with van der Waals surface area (Å²) < 4.78 is 0. The lowest BCUT2D eigenvalue weighted by molar-refractivity contribution is -0.129. The van der Waals surface area contributed by atoms with Crippen LogP contribution >= 0.6 is 0 Å². The van der Waals surface area contributed by atoms with Crippen LogP contribution < -0.4 is 0 Å². The largest absolute Gasteiger partial charge is 0.511 e. The predicted molar refractivity (Wildman–Crippen MR) is 146 cm³/mol. The minimum absolute atomic E-state index is 0.0969. The summed E-state index contributed by atoms with van der Waals surface area (Å²) in [7, 11) is 0. The van der Waals surface area contributed by atoms with Gasteiger partial charge in [-0.3, -0.25) is 9.59 Å². The molecule has 0 aromatic rings. The van der Waals surface area contributed by atoms with Gasteiger partial charge in [0.15, 0.2) is 11.6 Å². The number of hydrogen-bond donors (Lipinski definition) is 3. The molecule has 0 amide bonds. The van der Waals surface area contributed by atoms with Crippen molar-refractivity contribution in [3.63, 3.8) is 0 Å². The number of aliphatic hydroxyl groups excluding tert-OH is 2. The van der Waals surface area contributed by atoms with Gasteiger partial charge in [-0.05, 0) is 86.0 Å². The van der Waals surface area contributed by atoms with Gasteiger partial charge in [-0.2, -0.15) is 0 Å². The molecule has 2 aliphatic carbocycles. The first-order chi connectivity index (χ1) is 16.6. The summed E-state index contributed by atoms with van der Waals surface area (Å²) in [5, 5.41) is 34.9. The Bertz CT molecular complexity index is 1010. The molecule has 0 saturated heterocycles. The second-order valence-corrected chi connectivity index (χ2v) is 11.8. The minimum Gasteiger partial charge on any atom is -0.511 e. The van der Waals surface area contributed by atoms with Crippen LogP contribution in [0, 0.1) is 23.2 Å². The Kier molecular flexibility index (Phi) is 9.39. The Morgan fingerprint density at radius 1 is 1.11 bits per heavy atom. The van der Waals surface area contributed by atoms with E-state index >= 15 is 0 Å². The highest BCUT2D eigenvalue weighted by Crippen LogP contribution is 2.53. The summed E-state index contributed by atoms with van der Waals surface area (Å²) in [6.45, 7) is 19.1. The van der Waals surface area contributed by atoms with Crippen LogP contribution in [0.3, 0.4) is 0 Å². The van der Waals surface area contributed by atoms with Crippen LogP contribution in [0.5, 0.6) is 0 Å². The summed E-state index contributed by atoms with van der Waals surface area (Å²) in [5.74, 6) is -2.69. The molecular formula is C31H46O5. The Morgan fingerprint density at radius 2 is 1.64 bits per heavy atom. The third kappa shape index (κ3) is 5.77. The molecule has 1 saturated carbocycles. The second-order valence-electron chi connectivity index (χ2n) is 11.8. The monoisotopic (exact) mass is 498 g/mol. The molecule has 2 aliphatic rings. The van der Waals surface area contributed by atoms with E-state index in [1.165, 1.54) is 0 Å². The SMILES string of the molecule is C=C(C)[C@@H]1CC[C@](C)(O)[C@H](C2=C(O)C(CC=C(C)C)(CC=C(C)C)C(=O)C(C(=O)C(C)CC)=C2O)C1. The molecule has 2 rings (SSSR count). The zero-order chi connectivity index (χ0) is 27.6. The van der Waals surface area contributed by atoms with E-state index in [4.69, 9.17) is 0 Å². The fourth-order valence-corrected chi connectivity index (χ4v) is 5.34. The number of hydrogen-bond acceptors (Lipinski definition) is 5. The predicted octanol–water partition coefficient (Wildman–Crippen LogP) is 7.25. The number of Topliss-reactive ketones (excluding diaryl/α,β-unsaturated/α-hetero) is 2. The maximum absolute atomic E-state index is 14.1. The van der Waals surface area contributed by atoms with Gasteiger partial charge in [0.1, 0.15) is 17.1 Å². The Morgan fingerprint density at radius 3 is 2.08 bits per heavy atom. The first-order valence-electron chi connectivity index (χ1n) is 13.2. The molecule has 200 valence electrons. The van der Waals surface area contributed by atoms with Crippen LogP contribution in [0.1, 0.15) is 93.9 Å². The molecule has 1 fully saturated rings. The van der Waals surface area contributed by atoms with Gasteiger partial charge in [-0.15, -0.1) is 0 Å². The fourth-order valence-electron chi connectivity index (χ4n) is 5.34. The quantitative estimate of drug-likeness (QED) is 0.230. The third-order valence-corrected chi connectivity index (χ3v) is 8.20. The van der Waals surface area contributed by atoms with E-state index in [0.717, 1.165) is 23.1 Å². The van der Waals surface area contributed by atoms with Gasteiger partial charge in [-0.25, -0.2) is 0 Å². The molecule has 0 aliphatic heterocycles. The molecule has 0 radical (unpaired) electrons. The summed E-state index contributed by atoms with van der Waals surface area (Å²) in [5.41, 5.74) is 0.176. The second kappa shape index (κ2) is 11.3. The number of rotatable bonds is 9. The number of ketones is 2. The molecule has 5 nitrogen and oxygen atoms in total. The molecule has 3 N–H and O–H groups in total. The zero-order valence-corrected chi connectivity index (χ0v) is 23.5. The standard InChI is InChI=1S/C31H46O5/c1-10-21(8)26(32)25-27(33)24(23-17-22(20(6)7)13-14-30(23,9)36)28(34)31(29(25)35,15-11-18(2)3)16-12-19(4)5/h11-12,21-23,33-34,36H,6,10,13-17H2,1-5,7-9H3/t21?,22-,23+,30+/m1/s1. The molecule has 1 unspecified atom stereocenters. The Hall–Kier alpha value is -2.40. The number of carbonyl (C=O) groups excluding carboxylic acids is 2. The lowest BCUT2D eigenvalue weighted by Gasteiger charge is -2.45. The zero-order valence-electron chi connectivity index (χ0n) is 23.5. The number of allylic oxidation sites excluding steroid dienone is 8. The van der Waals surface area contributed by atoms with Crippen molar-refractivity contribution < 1.29 is 24.9 Å². The highest BCUT2D eigenvalue weighted by Gasteiger charge is 2.54. The molecular weight excluding hydrogens is 452 g/mol. The lowest BCUT2D eigenvalue weighted by Crippen LogP contribution is -2.47. The summed E-state index contributed by atoms with van der Waals surface area (Å²) in [6.07, 6.45) is 6.36. The van der Waals surface area contributed by atoms with Crippen molar-refractivity contribution in [1.82, 2.24) is 0 Å². The van der Waals surface area contributed by atoms with E-state index in [-0.39, 0.29) is 35.7 Å². The van der Waals surface area contributed by atoms with E-state index in [0.29, 0.717) is 19.3 Å². The molecule has 0 heterocycles. The Balaban J connectivity index is 2.94. The van der Waals surface area contributed by atoms with Gasteiger partial charge in [0.05, 0.1) is 11.0 Å². The van der Waals surface area contributed by atoms with E-state index in [1.54, 1.807) is 13.8 Å². The van der Waals surface area contributed by atoms with E-state index in [2.05, 4.69) is 6.58 Å². The van der Waals surface area contributed by atoms with Crippen LogP contribution in [0.25, 0.3) is 0 Å². The van der Waals surface area contributed by atoms with Gasteiger partial charge < -0.3 is 15.3 Å². The van der Waals surface area contributed by atoms with Gasteiger partial charge in [0.25, 0.3) is 0 Å². The van der Waals surface area contributed by atoms with Crippen LogP contribution in [0.2, 0.25) is 0 Å². The van der Waals surface area contributed by atoms with Gasteiger partial charge in [0, 0.05) is 17.4 Å². The van der Waals surface area contributed by atoms with Crippen molar-refractivity contribution >= 4 is 11.6 Å². The van der Waals surface area contributed by atoms with E-state index in [9.17, 15) is 24.9 Å². The van der Waals surface area contributed by atoms with E-state index in [1.807, 2.05) is 53.7 Å². The highest BCUT2D eigenvalue weighted by molar-refractivity contribution is 6.25. The maximum atomic E-state index is 14.1. The van der Waals surface area contributed by atoms with Crippen molar-refractivity contribution in [2.75, 3.05) is 0 Å². The third-order valence-electron chi connectivity index (χ3n) is 8.20. The number of aliphatic hydroxyl groups is 3. The number of carbonyl (C=O) groups is 2. The summed E-state index contributed by atoms with van der Waals surface area (Å²) in [6, 6.07) is 0. The van der Waals surface area contributed by atoms with Crippen molar-refractivity contribution in [3.05, 3.63) is 58.1 Å². The molecule has 0 aromatic carbocycles. The van der Waals surface area contributed by atoms with Crippen molar-refractivity contribution in [2.45, 2.75) is 99.5 Å². The van der Waals surface area contributed by atoms with Gasteiger partial charge in [-0.1, -0.05) is 49.3 Å². The first kappa shape index (κ1) is 29.8. The molecule has 0 aromatic heterocycles. The van der Waals surface area contributed by atoms with Crippen LogP contribution in [-0.4, -0.2) is 32.5 Å². The van der Waals surface area contributed by atoms with Gasteiger partial charge >= 0.3 is 0 Å². The summed E-state index contributed by atoms with van der Waals surface area (Å²) >= 11 is 0. The topological polar surface area (TPSA) is 94.8 Å². The molecule has 4 atom stereocenters. The first-order valence-corrected chi connectivity index (χ1v) is 13.2. The maximum Gasteiger partial charge on any atom is 0.184 e. The average molecular weight is 499 g/mol. The van der Waals surface area contributed by atoms with Crippen LogP contribution in [0.4, 0.5) is 0 Å². The van der Waals surface area contributed by atoms with Crippen molar-refractivity contribution in [3.8, 4) is 0 Å². The lowest BCUT2D eigenvalue weighted by atomic mass is 9.60. The molecule has 36 heavy (non-hydrogen) atoms. The summed E-state index contributed by atoms with van der Waals surface area (Å²) in [4.78, 5) is 27.7.